The SMILES string of the molecule is COCCn1ccc(=O)c(O)c1C(=O)NCCCC(CCCNC(=O)c1c(O)c(=O)ccn1CCOC)(CCCNC(=O)c1c(O)c(=O)ccn1CCOC)[N+](=O)[O-]. The number of nitrogens with one attached hydrogen (secondary N) is 3. The largest absolute Gasteiger partial charge is 0.503 e. The third kappa shape index (κ3) is 12.2. The van der Waals surface area contributed by atoms with Crippen LogP contribution >= 0.6 is 0 Å². The van der Waals surface area contributed by atoms with E-state index in [1.54, 1.807) is 0 Å². The fourth-order valence-electron chi connectivity index (χ4n) is 6.29. The first kappa shape index (κ1) is 46.3. The fourth-order valence-corrected chi connectivity index (χ4v) is 6.29. The Labute approximate surface area is 332 Å². The summed E-state index contributed by atoms with van der Waals surface area (Å²) in [5, 5.41) is 51.8. The molecule has 0 aliphatic rings. The van der Waals surface area contributed by atoms with Crippen LogP contribution in [0.2, 0.25) is 0 Å². The maximum atomic E-state index is 13.1. The lowest BCUT2D eigenvalue weighted by atomic mass is 9.84. The second-order valence-electron chi connectivity index (χ2n) is 13.3. The molecule has 0 saturated heterocycles. The van der Waals surface area contributed by atoms with Gasteiger partial charge in [0.1, 0.15) is 0 Å². The van der Waals surface area contributed by atoms with E-state index in [9.17, 15) is 54.2 Å². The molecule has 3 aromatic heterocycles. The summed E-state index contributed by atoms with van der Waals surface area (Å²) in [4.78, 5) is 88.1. The lowest BCUT2D eigenvalue weighted by Gasteiger charge is -2.26. The highest BCUT2D eigenvalue weighted by Crippen LogP contribution is 2.29. The zero-order valence-corrected chi connectivity index (χ0v) is 32.7. The van der Waals surface area contributed by atoms with Gasteiger partial charge in [0.05, 0.1) is 19.8 Å². The number of hydrogen-bond acceptors (Lipinski definition) is 14. The fraction of sp³-hybridized carbons (Fsp3) is 0.514. The molecule has 0 radical (unpaired) electrons. The number of methoxy groups -OCH3 is 3. The van der Waals surface area contributed by atoms with Crippen molar-refractivity contribution < 1.29 is 48.8 Å². The topological polar surface area (TPSA) is 285 Å². The highest BCUT2D eigenvalue weighted by molar-refractivity contribution is 5.96. The van der Waals surface area contributed by atoms with Crippen molar-refractivity contribution in [2.24, 2.45) is 0 Å². The van der Waals surface area contributed by atoms with Crippen molar-refractivity contribution >= 4 is 17.7 Å². The number of rotatable bonds is 25. The van der Waals surface area contributed by atoms with Gasteiger partial charge < -0.3 is 59.2 Å². The summed E-state index contributed by atoms with van der Waals surface area (Å²) in [6.45, 7) is 0.699. The van der Waals surface area contributed by atoms with E-state index >= 15 is 0 Å². The van der Waals surface area contributed by atoms with Crippen LogP contribution in [-0.4, -0.2) is 118 Å². The number of ether oxygens (including phenoxy) is 3. The maximum absolute atomic E-state index is 13.1. The van der Waals surface area contributed by atoms with E-state index in [-0.39, 0.29) is 115 Å². The molecular formula is C37H51N7O14. The van der Waals surface area contributed by atoms with E-state index < -0.39 is 61.7 Å². The molecule has 3 heterocycles. The Morgan fingerprint density at radius 3 is 1.12 bits per heavy atom. The van der Waals surface area contributed by atoms with Crippen molar-refractivity contribution in [3.05, 3.63) is 94.7 Å². The minimum atomic E-state index is -1.65. The Kier molecular flexibility index (Phi) is 18.1. The van der Waals surface area contributed by atoms with Crippen molar-refractivity contribution in [3.8, 4) is 17.2 Å². The van der Waals surface area contributed by atoms with Gasteiger partial charge in [-0.25, -0.2) is 0 Å². The van der Waals surface area contributed by atoms with Crippen molar-refractivity contribution in [1.82, 2.24) is 29.7 Å². The number of carbonyl (C=O) groups is 3. The molecule has 3 amide bonds. The first-order valence-corrected chi connectivity index (χ1v) is 18.5. The number of nitrogens with zero attached hydrogens (tertiary/aromatic N) is 4. The molecule has 0 aliphatic heterocycles. The number of nitro groups is 1. The molecule has 21 heteroatoms. The molecule has 0 atom stereocenters. The van der Waals surface area contributed by atoms with Gasteiger partial charge in [-0.05, 0) is 19.3 Å². The Bertz CT molecular complexity index is 1860. The summed E-state index contributed by atoms with van der Waals surface area (Å²) in [7, 11) is 4.33. The molecule has 318 valence electrons. The monoisotopic (exact) mass is 817 g/mol. The molecule has 0 fully saturated rings. The van der Waals surface area contributed by atoms with E-state index in [2.05, 4.69) is 16.0 Å². The molecule has 0 saturated carbocycles. The van der Waals surface area contributed by atoms with E-state index in [1.165, 1.54) is 53.6 Å². The average molecular weight is 818 g/mol. The van der Waals surface area contributed by atoms with Crippen LogP contribution in [0.15, 0.2) is 51.2 Å². The standard InChI is InChI=1S/C37H51N7O14/c1-56-22-19-41-16-7-25(45)31(48)28(41)34(51)38-13-4-10-37(44(54)55,11-5-14-39-35(52)29-32(49)26(46)8-17-42(29)20-23-57-2)12-6-15-40-36(53)30-33(50)27(47)9-18-43(30)21-24-58-3/h7-9,16-18,48-50H,4-6,10-15,19-24H2,1-3H3,(H,38,51)(H,39,52)(H,40,53). The summed E-state index contributed by atoms with van der Waals surface area (Å²) in [5.41, 5.74) is -4.87. The van der Waals surface area contributed by atoms with Gasteiger partial charge in [0.2, 0.25) is 21.8 Å². The molecule has 21 nitrogen and oxygen atoms in total. The molecule has 0 unspecified atom stereocenters. The molecule has 0 aliphatic carbocycles. The van der Waals surface area contributed by atoms with E-state index in [4.69, 9.17) is 14.2 Å². The van der Waals surface area contributed by atoms with Gasteiger partial charge in [-0.1, -0.05) is 0 Å². The molecule has 58 heavy (non-hydrogen) atoms. The van der Waals surface area contributed by atoms with E-state index in [0.29, 0.717) is 0 Å². The molecule has 0 spiro atoms. The second kappa shape index (κ2) is 22.6. The normalized spacial score (nSPS) is 11.3. The van der Waals surface area contributed by atoms with Crippen molar-refractivity contribution in [3.63, 3.8) is 0 Å². The molecule has 3 aromatic rings. The van der Waals surface area contributed by atoms with Gasteiger partial charge in [0.25, 0.3) is 17.7 Å². The Balaban J connectivity index is 1.77. The number of amides is 3. The van der Waals surface area contributed by atoms with Crippen molar-refractivity contribution in [2.45, 2.75) is 63.7 Å². The van der Waals surface area contributed by atoms with Gasteiger partial charge in [-0.15, -0.1) is 0 Å². The highest BCUT2D eigenvalue weighted by atomic mass is 16.6. The summed E-state index contributed by atoms with van der Waals surface area (Å²) < 4.78 is 19.1. The summed E-state index contributed by atoms with van der Waals surface area (Å²) in [6, 6.07) is 3.30. The van der Waals surface area contributed by atoms with Gasteiger partial charge >= 0.3 is 0 Å². The predicted octanol–water partition coefficient (Wildman–Crippen LogP) is 0.174. The molecule has 0 aromatic carbocycles. The first-order valence-electron chi connectivity index (χ1n) is 18.5. The van der Waals surface area contributed by atoms with Crippen LogP contribution in [0.5, 0.6) is 17.2 Å². The van der Waals surface area contributed by atoms with Crippen LogP contribution in [0.3, 0.4) is 0 Å². The maximum Gasteiger partial charge on any atom is 0.271 e. The number of aromatic hydroxyl groups is 3. The van der Waals surface area contributed by atoms with Crippen molar-refractivity contribution in [2.75, 3.05) is 60.8 Å². The van der Waals surface area contributed by atoms with Crippen LogP contribution in [0.1, 0.15) is 70.0 Å². The van der Waals surface area contributed by atoms with Crippen LogP contribution < -0.4 is 32.2 Å². The lowest BCUT2D eigenvalue weighted by molar-refractivity contribution is -0.574. The number of aromatic nitrogens is 3. The highest BCUT2D eigenvalue weighted by Gasteiger charge is 2.41. The van der Waals surface area contributed by atoms with Crippen molar-refractivity contribution in [1.29, 1.82) is 0 Å². The second-order valence-corrected chi connectivity index (χ2v) is 13.3. The number of carbonyl (C=O) groups excluding carboxylic acids is 3. The lowest BCUT2D eigenvalue weighted by Crippen LogP contribution is -2.41. The molecular weight excluding hydrogens is 766 g/mol. The molecule has 0 bridgehead atoms. The zero-order chi connectivity index (χ0) is 42.8. The van der Waals surface area contributed by atoms with Gasteiger partial charge in [-0.3, -0.25) is 38.9 Å². The summed E-state index contributed by atoms with van der Waals surface area (Å²) in [5.74, 6) is -4.66. The molecule has 3 rings (SSSR count). The Hall–Kier alpha value is -6.06. The average Bonchev–Trinajstić information content (AvgIpc) is 3.20. The molecule has 6 N–H and O–H groups in total. The predicted molar refractivity (Wildman–Crippen MR) is 207 cm³/mol. The first-order chi connectivity index (χ1) is 27.7. The minimum Gasteiger partial charge on any atom is -0.503 e. The Morgan fingerprint density at radius 1 is 0.603 bits per heavy atom. The van der Waals surface area contributed by atoms with Gasteiger partial charge in [0, 0.05) is 122 Å². The Morgan fingerprint density at radius 2 is 0.879 bits per heavy atom. The van der Waals surface area contributed by atoms with Crippen LogP contribution in [0.25, 0.3) is 0 Å². The third-order valence-electron chi connectivity index (χ3n) is 9.41. The quantitative estimate of drug-likeness (QED) is 0.0378. The van der Waals surface area contributed by atoms with Gasteiger partial charge in [0.15, 0.2) is 34.3 Å². The zero-order valence-electron chi connectivity index (χ0n) is 32.7. The van der Waals surface area contributed by atoms with Gasteiger partial charge in [-0.2, -0.15) is 0 Å². The summed E-state index contributed by atoms with van der Waals surface area (Å²) in [6.07, 6.45) is 3.92. The van der Waals surface area contributed by atoms with E-state index in [0.717, 1.165) is 18.2 Å². The number of pyridine rings is 3. The number of hydrogen-bond donors (Lipinski definition) is 6. The smallest absolute Gasteiger partial charge is 0.271 e. The van der Waals surface area contributed by atoms with Crippen LogP contribution in [-0.2, 0) is 33.8 Å². The summed E-state index contributed by atoms with van der Waals surface area (Å²) >= 11 is 0. The van der Waals surface area contributed by atoms with Crippen LogP contribution in [0, 0.1) is 10.1 Å². The van der Waals surface area contributed by atoms with E-state index in [1.807, 2.05) is 0 Å². The minimum absolute atomic E-state index is 0.0642. The van der Waals surface area contributed by atoms with Crippen LogP contribution in [0.4, 0.5) is 0 Å². The third-order valence-corrected chi connectivity index (χ3v) is 9.41.